The molecule has 2 rings (SSSR count). The van der Waals surface area contributed by atoms with Gasteiger partial charge < -0.3 is 10.6 Å². The molecule has 0 spiro atoms. The van der Waals surface area contributed by atoms with Gasteiger partial charge in [0.05, 0.1) is 10.0 Å². The highest BCUT2D eigenvalue weighted by Crippen LogP contribution is 2.25. The normalized spacial score (nSPS) is 11.1. The lowest BCUT2D eigenvalue weighted by molar-refractivity contribution is -0.128. The Morgan fingerprint density at radius 1 is 1.04 bits per heavy atom. The van der Waals surface area contributed by atoms with Crippen LogP contribution < -0.4 is 15.5 Å². The number of hydrogen-bond acceptors (Lipinski definition) is 2. The number of nitrogens with one attached hydrogen (secondary N) is 2. The van der Waals surface area contributed by atoms with E-state index in [0.717, 1.165) is 0 Å². The first kappa shape index (κ1) is 22.0. The Morgan fingerprint density at radius 3 is 2.25 bits per heavy atom. The Labute approximate surface area is 173 Å². The van der Waals surface area contributed by atoms with Gasteiger partial charge in [0.15, 0.2) is 0 Å². The van der Waals surface area contributed by atoms with E-state index in [9.17, 15) is 14.0 Å². The SMILES string of the molecule is CC(C)(C)C(=O)NCCN(C(=O)Nc1ccc(Cl)c(Cl)c1)c1ccc(F)cc1. The quantitative estimate of drug-likeness (QED) is 0.679. The maximum atomic E-state index is 13.3. The van der Waals surface area contributed by atoms with Crippen molar-refractivity contribution in [3.8, 4) is 0 Å². The summed E-state index contributed by atoms with van der Waals surface area (Å²) < 4.78 is 13.3. The lowest BCUT2D eigenvalue weighted by atomic mass is 9.96. The fourth-order valence-electron chi connectivity index (χ4n) is 2.28. The van der Waals surface area contributed by atoms with Gasteiger partial charge in [0.1, 0.15) is 5.82 Å². The van der Waals surface area contributed by atoms with Crippen LogP contribution in [0.3, 0.4) is 0 Å². The van der Waals surface area contributed by atoms with E-state index < -0.39 is 17.3 Å². The van der Waals surface area contributed by atoms with Crippen molar-refractivity contribution in [2.24, 2.45) is 5.41 Å². The molecule has 0 saturated carbocycles. The molecule has 0 radical (unpaired) electrons. The van der Waals surface area contributed by atoms with E-state index in [-0.39, 0.29) is 19.0 Å². The predicted molar refractivity (Wildman–Crippen MR) is 112 cm³/mol. The first-order valence-electron chi connectivity index (χ1n) is 8.65. The highest BCUT2D eigenvalue weighted by atomic mass is 35.5. The minimum absolute atomic E-state index is 0.128. The number of halogens is 3. The summed E-state index contributed by atoms with van der Waals surface area (Å²) >= 11 is 11.9. The van der Waals surface area contributed by atoms with E-state index >= 15 is 0 Å². The summed E-state index contributed by atoms with van der Waals surface area (Å²) in [6.07, 6.45) is 0. The second-order valence-corrected chi connectivity index (χ2v) is 8.01. The summed E-state index contributed by atoms with van der Waals surface area (Å²) in [7, 11) is 0. The van der Waals surface area contributed by atoms with E-state index in [1.54, 1.807) is 32.9 Å². The second kappa shape index (κ2) is 9.26. The van der Waals surface area contributed by atoms with E-state index in [0.29, 0.717) is 21.4 Å². The highest BCUT2D eigenvalue weighted by molar-refractivity contribution is 6.42. The van der Waals surface area contributed by atoms with Gasteiger partial charge in [-0.05, 0) is 42.5 Å². The number of benzene rings is 2. The van der Waals surface area contributed by atoms with Crippen molar-refractivity contribution >= 4 is 46.5 Å². The number of anilines is 2. The minimum Gasteiger partial charge on any atom is -0.354 e. The van der Waals surface area contributed by atoms with Crippen molar-refractivity contribution in [2.45, 2.75) is 20.8 Å². The van der Waals surface area contributed by atoms with E-state index in [4.69, 9.17) is 23.2 Å². The van der Waals surface area contributed by atoms with Gasteiger partial charge in [0, 0.05) is 29.9 Å². The Kier molecular flexibility index (Phi) is 7.27. The van der Waals surface area contributed by atoms with Crippen LogP contribution in [0, 0.1) is 11.2 Å². The van der Waals surface area contributed by atoms with Crippen LogP contribution in [0.5, 0.6) is 0 Å². The molecule has 5 nitrogen and oxygen atoms in total. The summed E-state index contributed by atoms with van der Waals surface area (Å²) in [6.45, 7) is 5.84. The van der Waals surface area contributed by atoms with Gasteiger partial charge in [0.25, 0.3) is 0 Å². The Bertz CT molecular complexity index is 852. The Balaban J connectivity index is 2.15. The monoisotopic (exact) mass is 425 g/mol. The third kappa shape index (κ3) is 6.11. The summed E-state index contributed by atoms with van der Waals surface area (Å²) in [5.41, 5.74) is 0.414. The summed E-state index contributed by atoms with van der Waals surface area (Å²) in [5.74, 6) is -0.536. The average Bonchev–Trinajstić information content (AvgIpc) is 2.62. The van der Waals surface area contributed by atoms with Gasteiger partial charge in [0.2, 0.25) is 5.91 Å². The van der Waals surface area contributed by atoms with Crippen LogP contribution in [0.15, 0.2) is 42.5 Å². The molecular formula is C20H22Cl2FN3O2. The molecule has 28 heavy (non-hydrogen) atoms. The Morgan fingerprint density at radius 2 is 1.68 bits per heavy atom. The van der Waals surface area contributed by atoms with Crippen molar-refractivity contribution < 1.29 is 14.0 Å². The molecule has 0 fully saturated rings. The fourth-order valence-corrected chi connectivity index (χ4v) is 2.58. The molecule has 0 unspecified atom stereocenters. The van der Waals surface area contributed by atoms with Crippen LogP contribution in [0.2, 0.25) is 10.0 Å². The van der Waals surface area contributed by atoms with Crippen LogP contribution in [0.4, 0.5) is 20.6 Å². The number of amides is 3. The molecule has 3 amide bonds. The first-order valence-corrected chi connectivity index (χ1v) is 9.41. The minimum atomic E-state index is -0.539. The van der Waals surface area contributed by atoms with Crippen molar-refractivity contribution in [3.63, 3.8) is 0 Å². The Hall–Kier alpha value is -2.31. The average molecular weight is 426 g/mol. The zero-order chi connectivity index (χ0) is 20.9. The molecule has 0 aliphatic rings. The van der Waals surface area contributed by atoms with Gasteiger partial charge in [-0.3, -0.25) is 9.69 Å². The van der Waals surface area contributed by atoms with Gasteiger partial charge in [-0.15, -0.1) is 0 Å². The van der Waals surface area contributed by atoms with Gasteiger partial charge >= 0.3 is 6.03 Å². The molecule has 0 atom stereocenters. The zero-order valence-electron chi connectivity index (χ0n) is 15.9. The third-order valence-corrected chi connectivity index (χ3v) is 4.60. The van der Waals surface area contributed by atoms with Crippen LogP contribution >= 0.6 is 23.2 Å². The lowest BCUT2D eigenvalue weighted by Gasteiger charge is -2.25. The van der Waals surface area contributed by atoms with E-state index in [1.807, 2.05) is 0 Å². The molecule has 0 aliphatic carbocycles. The van der Waals surface area contributed by atoms with Gasteiger partial charge in [-0.1, -0.05) is 44.0 Å². The standard InChI is InChI=1S/C20H22Cl2FN3O2/c1-20(2,3)18(27)24-10-11-26(15-7-4-13(23)5-8-15)19(28)25-14-6-9-16(21)17(22)12-14/h4-9,12H,10-11H2,1-3H3,(H,24,27)(H,25,28). The van der Waals surface area contributed by atoms with Gasteiger partial charge in [-0.2, -0.15) is 0 Å². The molecule has 2 aromatic carbocycles. The van der Waals surface area contributed by atoms with Crippen LogP contribution in [-0.4, -0.2) is 25.0 Å². The molecule has 2 N–H and O–H groups in total. The maximum Gasteiger partial charge on any atom is 0.326 e. The smallest absolute Gasteiger partial charge is 0.326 e. The van der Waals surface area contributed by atoms with Crippen LogP contribution in [0.1, 0.15) is 20.8 Å². The molecule has 0 aliphatic heterocycles. The first-order chi connectivity index (χ1) is 13.1. The number of carbonyl (C=O) groups excluding carboxylic acids is 2. The van der Waals surface area contributed by atoms with E-state index in [2.05, 4.69) is 10.6 Å². The maximum absolute atomic E-state index is 13.3. The molecule has 0 bridgehead atoms. The molecule has 0 heterocycles. The van der Waals surface area contributed by atoms with Crippen molar-refractivity contribution in [1.29, 1.82) is 0 Å². The zero-order valence-corrected chi connectivity index (χ0v) is 17.4. The largest absolute Gasteiger partial charge is 0.354 e. The molecule has 8 heteroatoms. The van der Waals surface area contributed by atoms with Crippen molar-refractivity contribution in [1.82, 2.24) is 5.32 Å². The number of rotatable bonds is 5. The molecule has 150 valence electrons. The fraction of sp³-hybridized carbons (Fsp3) is 0.300. The summed E-state index contributed by atoms with van der Waals surface area (Å²) in [5, 5.41) is 6.21. The lowest BCUT2D eigenvalue weighted by Crippen LogP contribution is -2.43. The van der Waals surface area contributed by atoms with Crippen LogP contribution in [-0.2, 0) is 4.79 Å². The number of carbonyl (C=O) groups is 2. The highest BCUT2D eigenvalue weighted by Gasteiger charge is 2.22. The number of urea groups is 1. The number of nitrogens with zero attached hydrogens (tertiary/aromatic N) is 1. The topological polar surface area (TPSA) is 61.4 Å². The molecule has 0 aromatic heterocycles. The molecule has 0 saturated heterocycles. The van der Waals surface area contributed by atoms with E-state index in [1.165, 1.54) is 35.2 Å². The molecule has 2 aromatic rings. The summed E-state index contributed by atoms with van der Waals surface area (Å²) in [6, 6.07) is 9.80. The second-order valence-electron chi connectivity index (χ2n) is 7.19. The van der Waals surface area contributed by atoms with Crippen LogP contribution in [0.25, 0.3) is 0 Å². The van der Waals surface area contributed by atoms with Gasteiger partial charge in [-0.25, -0.2) is 9.18 Å². The molecular weight excluding hydrogens is 404 g/mol. The van der Waals surface area contributed by atoms with Crippen molar-refractivity contribution in [2.75, 3.05) is 23.3 Å². The van der Waals surface area contributed by atoms with Crippen molar-refractivity contribution in [3.05, 3.63) is 58.3 Å². The third-order valence-electron chi connectivity index (χ3n) is 3.86. The predicted octanol–water partition coefficient (Wildman–Crippen LogP) is 5.33. The number of hydrogen-bond donors (Lipinski definition) is 2. The summed E-state index contributed by atoms with van der Waals surface area (Å²) in [4.78, 5) is 26.3.